The average molecular weight is 287 g/mol. The summed E-state index contributed by atoms with van der Waals surface area (Å²) in [6, 6.07) is 5.81. The molecule has 1 aromatic rings. The number of fused-ring (bicyclic) bond motifs is 1. The largest absolute Gasteiger partial charge is 0.385 e. The molecule has 0 radical (unpaired) electrons. The number of nitrogens with one attached hydrogen (secondary N) is 1. The monoisotopic (exact) mass is 287 g/mol. The van der Waals surface area contributed by atoms with Gasteiger partial charge in [0.1, 0.15) is 6.54 Å². The summed E-state index contributed by atoms with van der Waals surface area (Å²) in [7, 11) is 1.79. The lowest BCUT2D eigenvalue weighted by atomic mass is 10.0. The first kappa shape index (κ1) is 13.9. The molecule has 0 unspecified atom stereocenters. The zero-order chi connectivity index (χ0) is 14.8. The minimum Gasteiger partial charge on any atom is -0.385 e. The van der Waals surface area contributed by atoms with Crippen molar-refractivity contribution in [2.24, 2.45) is 0 Å². The molecule has 2 aliphatic heterocycles. The van der Waals surface area contributed by atoms with Crippen LogP contribution in [-0.2, 0) is 11.2 Å². The third-order valence-electron chi connectivity index (χ3n) is 4.25. The fraction of sp³-hybridized carbons (Fsp3) is 0.500. The average Bonchev–Trinajstić information content (AvgIpc) is 2.68. The van der Waals surface area contributed by atoms with E-state index in [0.29, 0.717) is 12.1 Å². The van der Waals surface area contributed by atoms with E-state index in [2.05, 4.69) is 5.32 Å². The summed E-state index contributed by atoms with van der Waals surface area (Å²) in [6.07, 6.45) is 2.93. The van der Waals surface area contributed by atoms with E-state index < -0.39 is 0 Å². The second-order valence-corrected chi connectivity index (χ2v) is 5.80. The molecule has 2 heterocycles. The number of likely N-dealkylation sites (N-methyl/N-ethyl adjacent to an activating group) is 1. The number of nitrogens with zero attached hydrogens (tertiary/aromatic N) is 2. The lowest BCUT2D eigenvalue weighted by Gasteiger charge is -2.22. The van der Waals surface area contributed by atoms with Crippen molar-refractivity contribution in [3.63, 3.8) is 0 Å². The highest BCUT2D eigenvalue weighted by molar-refractivity contribution is 5.97. The van der Waals surface area contributed by atoms with Gasteiger partial charge in [0, 0.05) is 37.9 Å². The highest BCUT2D eigenvalue weighted by Crippen LogP contribution is 2.23. The number of rotatable bonds is 1. The molecular formula is C16H21N3O2. The summed E-state index contributed by atoms with van der Waals surface area (Å²) in [6.45, 7) is 2.54. The minimum absolute atomic E-state index is 0.0143. The van der Waals surface area contributed by atoms with Crippen molar-refractivity contribution >= 4 is 17.5 Å². The van der Waals surface area contributed by atoms with E-state index in [9.17, 15) is 9.59 Å². The minimum atomic E-state index is -0.0352. The van der Waals surface area contributed by atoms with Gasteiger partial charge in [-0.15, -0.1) is 0 Å². The van der Waals surface area contributed by atoms with Crippen LogP contribution in [0.2, 0.25) is 0 Å². The Morgan fingerprint density at radius 3 is 2.95 bits per heavy atom. The Bertz CT molecular complexity index is 571. The summed E-state index contributed by atoms with van der Waals surface area (Å²) in [4.78, 5) is 27.9. The molecule has 1 N–H and O–H groups in total. The number of anilines is 1. The summed E-state index contributed by atoms with van der Waals surface area (Å²) in [5.74, 6) is -0.0208. The first-order chi connectivity index (χ1) is 10.1. The number of carbonyl (C=O) groups excluding carboxylic acids is 2. The summed E-state index contributed by atoms with van der Waals surface area (Å²) in [5.41, 5.74) is 3.02. The van der Waals surface area contributed by atoms with Crippen molar-refractivity contribution in [3.05, 3.63) is 29.3 Å². The molecule has 3 rings (SSSR count). The van der Waals surface area contributed by atoms with E-state index in [1.165, 1.54) is 5.56 Å². The van der Waals surface area contributed by atoms with E-state index in [0.717, 1.165) is 38.0 Å². The number of benzene rings is 1. The molecule has 2 aliphatic rings. The smallest absolute Gasteiger partial charge is 0.254 e. The van der Waals surface area contributed by atoms with Crippen LogP contribution < -0.4 is 5.32 Å². The van der Waals surface area contributed by atoms with E-state index in [-0.39, 0.29) is 18.4 Å². The lowest BCUT2D eigenvalue weighted by molar-refractivity contribution is -0.129. The van der Waals surface area contributed by atoms with Crippen molar-refractivity contribution < 1.29 is 9.59 Å². The van der Waals surface area contributed by atoms with E-state index in [1.54, 1.807) is 16.8 Å². The zero-order valence-electron chi connectivity index (χ0n) is 12.4. The molecule has 0 spiro atoms. The fourth-order valence-electron chi connectivity index (χ4n) is 2.95. The van der Waals surface area contributed by atoms with Gasteiger partial charge in [0.05, 0.1) is 0 Å². The Morgan fingerprint density at radius 1 is 1.24 bits per heavy atom. The third-order valence-corrected chi connectivity index (χ3v) is 4.25. The van der Waals surface area contributed by atoms with Gasteiger partial charge in [-0.25, -0.2) is 0 Å². The molecule has 21 heavy (non-hydrogen) atoms. The topological polar surface area (TPSA) is 52.6 Å². The van der Waals surface area contributed by atoms with Gasteiger partial charge in [-0.2, -0.15) is 0 Å². The molecule has 5 nitrogen and oxygen atoms in total. The van der Waals surface area contributed by atoms with Crippen LogP contribution in [0.15, 0.2) is 18.2 Å². The number of aryl methyl sites for hydroxylation is 1. The van der Waals surface area contributed by atoms with E-state index in [4.69, 9.17) is 0 Å². The van der Waals surface area contributed by atoms with Crippen LogP contribution >= 0.6 is 0 Å². The third kappa shape index (κ3) is 2.86. The van der Waals surface area contributed by atoms with E-state index in [1.807, 2.05) is 18.2 Å². The first-order valence-electron chi connectivity index (χ1n) is 7.55. The predicted octanol–water partition coefficient (Wildman–Crippen LogP) is 1.35. The lowest BCUT2D eigenvalue weighted by Crippen LogP contribution is -2.38. The van der Waals surface area contributed by atoms with Gasteiger partial charge in [0.25, 0.3) is 5.91 Å². The molecule has 0 aromatic heterocycles. The molecule has 112 valence electrons. The molecule has 0 atom stereocenters. The summed E-state index contributed by atoms with van der Waals surface area (Å²) >= 11 is 0. The van der Waals surface area contributed by atoms with Gasteiger partial charge in [0.2, 0.25) is 5.91 Å². The molecule has 1 fully saturated rings. The van der Waals surface area contributed by atoms with Crippen LogP contribution in [0.5, 0.6) is 0 Å². The molecular weight excluding hydrogens is 266 g/mol. The Hall–Kier alpha value is -2.04. The SMILES string of the molecule is CN1CCCN(C(=O)c2ccc3c(c2)CCCN3)CC1=O. The van der Waals surface area contributed by atoms with Crippen LogP contribution in [0.1, 0.15) is 28.8 Å². The highest BCUT2D eigenvalue weighted by Gasteiger charge is 2.24. The second-order valence-electron chi connectivity index (χ2n) is 5.80. The van der Waals surface area contributed by atoms with Crippen LogP contribution in [0.4, 0.5) is 5.69 Å². The van der Waals surface area contributed by atoms with E-state index >= 15 is 0 Å². The quantitative estimate of drug-likeness (QED) is 0.848. The number of carbonyl (C=O) groups is 2. The molecule has 0 saturated carbocycles. The number of hydrogen-bond acceptors (Lipinski definition) is 3. The van der Waals surface area contributed by atoms with Gasteiger partial charge in [0.15, 0.2) is 0 Å². The number of hydrogen-bond donors (Lipinski definition) is 1. The predicted molar refractivity (Wildman–Crippen MR) is 81.4 cm³/mol. The maximum absolute atomic E-state index is 12.6. The van der Waals surface area contributed by atoms with Crippen molar-refractivity contribution in [2.75, 3.05) is 38.5 Å². The van der Waals surface area contributed by atoms with Crippen LogP contribution in [0.25, 0.3) is 0 Å². The second kappa shape index (κ2) is 5.76. The van der Waals surface area contributed by atoms with Gasteiger partial charge in [-0.3, -0.25) is 9.59 Å². The standard InChI is InChI=1S/C16H21N3O2/c1-18-8-3-9-19(11-15(18)20)16(21)13-5-6-14-12(10-13)4-2-7-17-14/h5-6,10,17H,2-4,7-9,11H2,1H3. The normalized spacial score (nSPS) is 18.8. The van der Waals surface area contributed by atoms with Gasteiger partial charge in [-0.1, -0.05) is 0 Å². The molecule has 0 aliphatic carbocycles. The Morgan fingerprint density at radius 2 is 2.10 bits per heavy atom. The van der Waals surface area contributed by atoms with Crippen molar-refractivity contribution in [3.8, 4) is 0 Å². The Kier molecular flexibility index (Phi) is 3.82. The van der Waals surface area contributed by atoms with Gasteiger partial charge < -0.3 is 15.1 Å². The molecule has 1 aromatic carbocycles. The molecule has 0 bridgehead atoms. The molecule has 1 saturated heterocycles. The van der Waals surface area contributed by atoms with Crippen molar-refractivity contribution in [2.45, 2.75) is 19.3 Å². The van der Waals surface area contributed by atoms with Crippen molar-refractivity contribution in [1.82, 2.24) is 9.80 Å². The summed E-state index contributed by atoms with van der Waals surface area (Å²) in [5, 5.41) is 3.35. The first-order valence-corrected chi connectivity index (χ1v) is 7.55. The Balaban J connectivity index is 1.79. The Labute approximate surface area is 124 Å². The maximum atomic E-state index is 12.6. The van der Waals surface area contributed by atoms with Gasteiger partial charge >= 0.3 is 0 Å². The van der Waals surface area contributed by atoms with Crippen LogP contribution in [0.3, 0.4) is 0 Å². The van der Waals surface area contributed by atoms with Gasteiger partial charge in [-0.05, 0) is 43.0 Å². The van der Waals surface area contributed by atoms with Crippen LogP contribution in [-0.4, -0.2) is 54.8 Å². The van der Waals surface area contributed by atoms with Crippen molar-refractivity contribution in [1.29, 1.82) is 0 Å². The molecule has 2 amide bonds. The zero-order valence-corrected chi connectivity index (χ0v) is 12.4. The fourth-order valence-corrected chi connectivity index (χ4v) is 2.95. The van der Waals surface area contributed by atoms with Crippen LogP contribution in [0, 0.1) is 0 Å². The molecule has 5 heteroatoms. The maximum Gasteiger partial charge on any atom is 0.254 e. The number of amides is 2. The highest BCUT2D eigenvalue weighted by atomic mass is 16.2. The summed E-state index contributed by atoms with van der Waals surface area (Å²) < 4.78 is 0.